The first-order valence-electron chi connectivity index (χ1n) is 35.4. The van der Waals surface area contributed by atoms with Crippen LogP contribution in [0.3, 0.4) is 0 Å². The van der Waals surface area contributed by atoms with Crippen LogP contribution in [-0.4, -0.2) is 37.2 Å². The Bertz CT molecular complexity index is 1490. The molecule has 0 saturated carbocycles. The van der Waals surface area contributed by atoms with Gasteiger partial charge in [-0.1, -0.05) is 331 Å². The lowest BCUT2D eigenvalue weighted by Crippen LogP contribution is -2.30. The Balaban J connectivity index is 4.14. The summed E-state index contributed by atoms with van der Waals surface area (Å²) < 4.78 is 17.0. The molecule has 0 aliphatic carbocycles. The highest BCUT2D eigenvalue weighted by molar-refractivity contribution is 5.71. The Morgan fingerprint density at radius 3 is 0.765 bits per heavy atom. The van der Waals surface area contributed by atoms with E-state index in [0.717, 1.165) is 89.9 Å². The van der Waals surface area contributed by atoms with Crippen LogP contribution in [0, 0.1) is 0 Å². The fourth-order valence-electron chi connectivity index (χ4n) is 10.4. The number of ether oxygens (including phenoxy) is 3. The van der Waals surface area contributed by atoms with Gasteiger partial charge in [0.25, 0.3) is 0 Å². The Morgan fingerprint density at radius 1 is 0.259 bits per heavy atom. The number of hydrogen-bond donors (Lipinski definition) is 0. The van der Waals surface area contributed by atoms with Crippen molar-refractivity contribution in [2.75, 3.05) is 13.2 Å². The van der Waals surface area contributed by atoms with Gasteiger partial charge in [-0.15, -0.1) is 0 Å². The van der Waals surface area contributed by atoms with Crippen LogP contribution in [0.5, 0.6) is 0 Å². The summed E-state index contributed by atoms with van der Waals surface area (Å²) in [6.45, 7) is 6.57. The molecule has 0 aliphatic rings. The molecule has 0 bridgehead atoms. The fourth-order valence-corrected chi connectivity index (χ4v) is 10.4. The van der Waals surface area contributed by atoms with Crippen molar-refractivity contribution >= 4 is 17.9 Å². The lowest BCUT2D eigenvalue weighted by Gasteiger charge is -2.18. The zero-order chi connectivity index (χ0) is 58.5. The highest BCUT2D eigenvalue weighted by atomic mass is 16.6. The van der Waals surface area contributed by atoms with Crippen LogP contribution in [0.1, 0.15) is 367 Å². The van der Waals surface area contributed by atoms with Gasteiger partial charge in [0.2, 0.25) is 0 Å². The lowest BCUT2D eigenvalue weighted by atomic mass is 10.0. The molecular weight excluding hydrogens is 997 g/mol. The van der Waals surface area contributed by atoms with Crippen LogP contribution in [-0.2, 0) is 28.6 Å². The third kappa shape index (κ3) is 67.5. The molecule has 0 rings (SSSR count). The largest absolute Gasteiger partial charge is 0.462 e. The van der Waals surface area contributed by atoms with Gasteiger partial charge in [-0.05, 0) is 89.9 Å². The highest BCUT2D eigenvalue weighted by Gasteiger charge is 2.19. The molecule has 0 aromatic heterocycles. The summed E-state index contributed by atoms with van der Waals surface area (Å²) >= 11 is 0. The van der Waals surface area contributed by atoms with Gasteiger partial charge in [-0.25, -0.2) is 0 Å². The summed E-state index contributed by atoms with van der Waals surface area (Å²) in [5, 5.41) is 0. The molecule has 470 valence electrons. The lowest BCUT2D eigenvalue weighted by molar-refractivity contribution is -0.167. The van der Waals surface area contributed by atoms with Crippen molar-refractivity contribution in [3.05, 3.63) is 72.9 Å². The van der Waals surface area contributed by atoms with E-state index >= 15 is 0 Å². The van der Waals surface area contributed by atoms with Crippen molar-refractivity contribution in [2.45, 2.75) is 374 Å². The van der Waals surface area contributed by atoms with E-state index < -0.39 is 6.10 Å². The maximum atomic E-state index is 12.9. The van der Waals surface area contributed by atoms with Crippen molar-refractivity contribution in [3.8, 4) is 0 Å². The van der Waals surface area contributed by atoms with Gasteiger partial charge in [-0.2, -0.15) is 0 Å². The average molecular weight is 1130 g/mol. The molecule has 81 heavy (non-hydrogen) atoms. The molecule has 1 atom stereocenters. The normalized spacial score (nSPS) is 12.5. The molecule has 0 aromatic carbocycles. The minimum atomic E-state index is -0.774. The van der Waals surface area contributed by atoms with Gasteiger partial charge in [0, 0.05) is 19.3 Å². The van der Waals surface area contributed by atoms with Crippen LogP contribution < -0.4 is 0 Å². The molecule has 0 amide bonds. The smallest absolute Gasteiger partial charge is 0.306 e. The number of unbranched alkanes of at least 4 members (excludes halogenated alkanes) is 42. The number of esters is 3. The topological polar surface area (TPSA) is 78.9 Å². The van der Waals surface area contributed by atoms with Crippen LogP contribution in [0.15, 0.2) is 72.9 Å². The minimum Gasteiger partial charge on any atom is -0.462 e. The van der Waals surface area contributed by atoms with Crippen molar-refractivity contribution in [2.24, 2.45) is 0 Å². The van der Waals surface area contributed by atoms with Crippen molar-refractivity contribution in [3.63, 3.8) is 0 Å². The van der Waals surface area contributed by atoms with E-state index in [9.17, 15) is 14.4 Å². The number of hydrogen-bond acceptors (Lipinski definition) is 6. The van der Waals surface area contributed by atoms with Gasteiger partial charge in [0.05, 0.1) is 0 Å². The van der Waals surface area contributed by atoms with E-state index in [0.29, 0.717) is 19.3 Å². The van der Waals surface area contributed by atoms with Crippen molar-refractivity contribution in [1.82, 2.24) is 0 Å². The second kappa shape index (κ2) is 69.3. The van der Waals surface area contributed by atoms with Crippen LogP contribution >= 0.6 is 0 Å². The third-order valence-electron chi connectivity index (χ3n) is 15.7. The maximum absolute atomic E-state index is 12.9. The van der Waals surface area contributed by atoms with Gasteiger partial charge < -0.3 is 14.2 Å². The number of rotatable bonds is 65. The molecule has 0 radical (unpaired) electrons. The first-order valence-corrected chi connectivity index (χ1v) is 35.4. The Kier molecular flexibility index (Phi) is 66.6. The minimum absolute atomic E-state index is 0.0707. The van der Waals surface area contributed by atoms with Crippen LogP contribution in [0.4, 0.5) is 0 Å². The van der Waals surface area contributed by atoms with E-state index in [4.69, 9.17) is 14.2 Å². The van der Waals surface area contributed by atoms with E-state index in [2.05, 4.69) is 93.7 Å². The Morgan fingerprint density at radius 2 is 0.481 bits per heavy atom. The quantitative estimate of drug-likeness (QED) is 0.0261. The van der Waals surface area contributed by atoms with Crippen molar-refractivity contribution in [1.29, 1.82) is 0 Å². The molecule has 1 unspecified atom stereocenters. The summed E-state index contributed by atoms with van der Waals surface area (Å²) in [6, 6.07) is 0. The molecule has 0 heterocycles. The summed E-state index contributed by atoms with van der Waals surface area (Å²) in [6.07, 6.45) is 90.8. The predicted molar refractivity (Wildman–Crippen MR) is 353 cm³/mol. The second-order valence-corrected chi connectivity index (χ2v) is 23.8. The van der Waals surface area contributed by atoms with Gasteiger partial charge >= 0.3 is 17.9 Å². The standard InChI is InChI=1S/C75H134O6/c1-4-7-10-13-16-19-22-25-27-29-31-32-33-34-35-36-37-38-39-40-41-42-43-44-45-47-48-50-53-56-59-62-65-68-74(77)80-71-72(70-79-73(76)67-64-61-58-55-52-24-21-18-15-12-9-6-3)81-75(78)69-66-63-60-57-54-51-49-46-30-28-26-23-20-17-14-11-8-5-2/h7,10,16,19,25,27-28,30-32,34-35,72H,4-6,8-9,11-15,17-18,20-24,26,29,33,36-71H2,1-3H3/b10-7-,19-16-,27-25-,30-28-,32-31-,35-34-. The van der Waals surface area contributed by atoms with Crippen LogP contribution in [0.2, 0.25) is 0 Å². The van der Waals surface area contributed by atoms with E-state index in [1.54, 1.807) is 0 Å². The number of carbonyl (C=O) groups excluding carboxylic acids is 3. The molecular formula is C75H134O6. The van der Waals surface area contributed by atoms with Crippen molar-refractivity contribution < 1.29 is 28.6 Å². The van der Waals surface area contributed by atoms with E-state index in [1.165, 1.54) is 238 Å². The van der Waals surface area contributed by atoms with Gasteiger partial charge in [0.1, 0.15) is 13.2 Å². The molecule has 0 fully saturated rings. The zero-order valence-corrected chi connectivity index (χ0v) is 54.1. The molecule has 0 aliphatic heterocycles. The van der Waals surface area contributed by atoms with Gasteiger partial charge in [-0.3, -0.25) is 14.4 Å². The van der Waals surface area contributed by atoms with E-state index in [1.807, 2.05) is 0 Å². The second-order valence-electron chi connectivity index (χ2n) is 23.8. The van der Waals surface area contributed by atoms with Gasteiger partial charge in [0.15, 0.2) is 6.10 Å². The first kappa shape index (κ1) is 77.9. The summed E-state index contributed by atoms with van der Waals surface area (Å²) in [7, 11) is 0. The maximum Gasteiger partial charge on any atom is 0.306 e. The average Bonchev–Trinajstić information content (AvgIpc) is 3.47. The van der Waals surface area contributed by atoms with E-state index in [-0.39, 0.29) is 31.1 Å². The monoisotopic (exact) mass is 1130 g/mol. The third-order valence-corrected chi connectivity index (χ3v) is 15.7. The summed E-state index contributed by atoms with van der Waals surface area (Å²) in [4.78, 5) is 38.4. The Labute approximate surface area is 503 Å². The molecule has 0 saturated heterocycles. The zero-order valence-electron chi connectivity index (χ0n) is 54.1. The summed E-state index contributed by atoms with van der Waals surface area (Å²) in [5.74, 6) is -0.853. The Hall–Kier alpha value is -3.15. The highest BCUT2D eigenvalue weighted by Crippen LogP contribution is 2.18. The number of carbonyl (C=O) groups is 3. The molecule has 0 aromatic rings. The van der Waals surface area contributed by atoms with Crippen LogP contribution in [0.25, 0.3) is 0 Å². The number of allylic oxidation sites excluding steroid dienone is 12. The molecule has 0 N–H and O–H groups in total. The first-order chi connectivity index (χ1) is 40.0. The SMILES string of the molecule is CC/C=C\C/C=C\C/C=C\C/C=C\C/C=C\CCCCCCCCCCCCCCCCCCCC(=O)OCC(COC(=O)CCCCCCCCCCCCCC)OC(=O)CCCCCCCCC/C=C\CCCCCCCCC. The predicted octanol–water partition coefficient (Wildman–Crippen LogP) is 24.4. The molecule has 6 heteroatoms. The summed E-state index contributed by atoms with van der Waals surface area (Å²) in [5.41, 5.74) is 0. The molecule has 0 spiro atoms. The fraction of sp³-hybridized carbons (Fsp3) is 0.800. The molecule has 6 nitrogen and oxygen atoms in total.